The number of H-pyrrole nitrogens is 1. The van der Waals surface area contributed by atoms with Crippen LogP contribution in [0.1, 0.15) is 54.2 Å². The molecular formula is C22H27N5OS2. The summed E-state index contributed by atoms with van der Waals surface area (Å²) in [7, 11) is 0. The minimum atomic E-state index is -0.0428. The van der Waals surface area contributed by atoms with Crippen LogP contribution in [0, 0.1) is 12.8 Å². The third-order valence-electron chi connectivity index (χ3n) is 5.45. The molecule has 8 heteroatoms. The van der Waals surface area contributed by atoms with E-state index < -0.39 is 0 Å². The molecule has 0 aliphatic heterocycles. The lowest BCUT2D eigenvalue weighted by molar-refractivity contribution is -0.115. The van der Waals surface area contributed by atoms with Crippen LogP contribution in [0.2, 0.25) is 0 Å². The Labute approximate surface area is 185 Å². The van der Waals surface area contributed by atoms with Crippen molar-refractivity contribution in [3.05, 3.63) is 51.7 Å². The highest BCUT2D eigenvalue weighted by atomic mass is 32.2. The average Bonchev–Trinajstić information content (AvgIpc) is 3.49. The highest BCUT2D eigenvalue weighted by Crippen LogP contribution is 2.28. The second-order valence-electron chi connectivity index (χ2n) is 7.81. The number of thiazole rings is 1. The van der Waals surface area contributed by atoms with Gasteiger partial charge in [-0.15, -0.1) is 16.4 Å². The van der Waals surface area contributed by atoms with Gasteiger partial charge in [-0.05, 0) is 30.9 Å². The highest BCUT2D eigenvalue weighted by Gasteiger charge is 2.16. The average molecular weight is 442 g/mol. The van der Waals surface area contributed by atoms with E-state index in [1.165, 1.54) is 43.4 Å². The number of amides is 1. The van der Waals surface area contributed by atoms with Crippen LogP contribution >= 0.6 is 23.1 Å². The molecule has 4 rings (SSSR count). The van der Waals surface area contributed by atoms with Gasteiger partial charge in [-0.2, -0.15) is 0 Å². The number of carbonyl (C=O) groups is 1. The van der Waals surface area contributed by atoms with Gasteiger partial charge >= 0.3 is 0 Å². The van der Waals surface area contributed by atoms with Crippen molar-refractivity contribution in [2.75, 3.05) is 5.32 Å². The second-order valence-corrected chi connectivity index (χ2v) is 9.70. The first kappa shape index (κ1) is 21.1. The normalized spacial score (nSPS) is 14.3. The zero-order valence-electron chi connectivity index (χ0n) is 17.2. The first-order valence-electron chi connectivity index (χ1n) is 10.5. The number of nitrogens with zero attached hydrogens (tertiary/aromatic N) is 3. The molecule has 0 spiro atoms. The number of carbonyl (C=O) groups excluding carboxylic acids is 1. The van der Waals surface area contributed by atoms with Gasteiger partial charge in [0.2, 0.25) is 11.1 Å². The van der Waals surface area contributed by atoms with E-state index in [9.17, 15) is 4.79 Å². The van der Waals surface area contributed by atoms with Gasteiger partial charge in [0.25, 0.3) is 0 Å². The number of aromatic nitrogens is 4. The molecule has 0 bridgehead atoms. The van der Waals surface area contributed by atoms with Crippen LogP contribution in [0.4, 0.5) is 5.69 Å². The molecule has 1 saturated carbocycles. The third-order valence-corrected chi connectivity index (χ3v) is 7.23. The molecule has 30 heavy (non-hydrogen) atoms. The molecular weight excluding hydrogens is 414 g/mol. The summed E-state index contributed by atoms with van der Waals surface area (Å²) in [6.07, 6.45) is 7.97. The zero-order chi connectivity index (χ0) is 20.8. The summed E-state index contributed by atoms with van der Waals surface area (Å²) in [6, 6.07) is 7.78. The van der Waals surface area contributed by atoms with Crippen molar-refractivity contribution >= 4 is 34.7 Å². The Morgan fingerprint density at radius 2 is 2.10 bits per heavy atom. The molecule has 0 unspecified atom stereocenters. The van der Waals surface area contributed by atoms with Crippen LogP contribution in [0.25, 0.3) is 0 Å². The summed E-state index contributed by atoms with van der Waals surface area (Å²) in [5, 5.41) is 14.0. The summed E-state index contributed by atoms with van der Waals surface area (Å²) in [6.45, 7) is 1.98. The Kier molecular flexibility index (Phi) is 7.17. The van der Waals surface area contributed by atoms with Gasteiger partial charge < -0.3 is 5.32 Å². The van der Waals surface area contributed by atoms with Gasteiger partial charge in [-0.25, -0.2) is 9.97 Å². The quantitative estimate of drug-likeness (QED) is 0.448. The standard InChI is InChI=1S/C22H27N5OS2/c1-15-6-2-5-9-18(15)24-20(28)12-21-23-17(13-29-21)14-30-22-25-19(26-27-22)11-10-16-7-3-4-8-16/h2,5-6,9,13,16H,3-4,7-8,10-12,14H2,1H3,(H,24,28)(H,25,26,27). The van der Waals surface area contributed by atoms with E-state index in [2.05, 4.69) is 25.5 Å². The number of aryl methyl sites for hydroxylation is 2. The summed E-state index contributed by atoms with van der Waals surface area (Å²) in [5.41, 5.74) is 2.86. The number of anilines is 1. The van der Waals surface area contributed by atoms with E-state index in [1.807, 2.05) is 36.6 Å². The summed E-state index contributed by atoms with van der Waals surface area (Å²) < 4.78 is 0. The van der Waals surface area contributed by atoms with Gasteiger partial charge in [-0.1, -0.05) is 55.6 Å². The van der Waals surface area contributed by atoms with Crippen molar-refractivity contribution in [2.24, 2.45) is 5.92 Å². The number of hydrogen-bond acceptors (Lipinski definition) is 6. The molecule has 0 radical (unpaired) electrons. The molecule has 1 aliphatic rings. The predicted molar refractivity (Wildman–Crippen MR) is 122 cm³/mol. The molecule has 3 aromatic rings. The van der Waals surface area contributed by atoms with E-state index in [4.69, 9.17) is 0 Å². The van der Waals surface area contributed by atoms with E-state index in [0.717, 1.165) is 45.3 Å². The Balaban J connectivity index is 1.22. The number of aromatic amines is 1. The second kappa shape index (κ2) is 10.2. The van der Waals surface area contributed by atoms with Gasteiger partial charge in [0, 0.05) is 23.2 Å². The summed E-state index contributed by atoms with van der Waals surface area (Å²) in [4.78, 5) is 21.5. The van der Waals surface area contributed by atoms with Crippen LogP contribution in [0.3, 0.4) is 0 Å². The summed E-state index contributed by atoms with van der Waals surface area (Å²) >= 11 is 3.10. The fourth-order valence-corrected chi connectivity index (χ4v) is 5.38. The van der Waals surface area contributed by atoms with E-state index in [1.54, 1.807) is 11.8 Å². The van der Waals surface area contributed by atoms with Crippen LogP contribution < -0.4 is 5.32 Å². The van der Waals surface area contributed by atoms with Crippen molar-refractivity contribution in [3.63, 3.8) is 0 Å². The first-order valence-corrected chi connectivity index (χ1v) is 12.3. The van der Waals surface area contributed by atoms with Crippen molar-refractivity contribution in [1.82, 2.24) is 20.2 Å². The van der Waals surface area contributed by atoms with Gasteiger partial charge in [0.05, 0.1) is 12.1 Å². The Hall–Kier alpha value is -2.19. The minimum Gasteiger partial charge on any atom is -0.325 e. The summed E-state index contributed by atoms with van der Waals surface area (Å²) in [5.74, 6) is 2.51. The Bertz CT molecular complexity index is 977. The molecule has 1 aliphatic carbocycles. The lowest BCUT2D eigenvalue weighted by Crippen LogP contribution is -2.15. The predicted octanol–water partition coefficient (Wildman–Crippen LogP) is 5.17. The van der Waals surface area contributed by atoms with E-state index in [0.29, 0.717) is 5.75 Å². The molecule has 2 heterocycles. The minimum absolute atomic E-state index is 0.0428. The number of hydrogen-bond donors (Lipinski definition) is 2. The van der Waals surface area contributed by atoms with Crippen molar-refractivity contribution in [2.45, 2.75) is 62.8 Å². The number of benzene rings is 1. The lowest BCUT2D eigenvalue weighted by Gasteiger charge is -2.06. The van der Waals surface area contributed by atoms with Crippen LogP contribution in [-0.2, 0) is 23.4 Å². The van der Waals surface area contributed by atoms with E-state index >= 15 is 0 Å². The van der Waals surface area contributed by atoms with Crippen LogP contribution in [0.5, 0.6) is 0 Å². The van der Waals surface area contributed by atoms with Crippen molar-refractivity contribution < 1.29 is 4.79 Å². The zero-order valence-corrected chi connectivity index (χ0v) is 18.8. The van der Waals surface area contributed by atoms with E-state index in [-0.39, 0.29) is 12.3 Å². The number of thioether (sulfide) groups is 1. The fraction of sp³-hybridized carbons (Fsp3) is 0.455. The molecule has 2 aromatic heterocycles. The Morgan fingerprint density at radius 1 is 1.27 bits per heavy atom. The molecule has 158 valence electrons. The Morgan fingerprint density at radius 3 is 2.93 bits per heavy atom. The molecule has 1 amide bonds. The largest absolute Gasteiger partial charge is 0.325 e. The molecule has 0 saturated heterocycles. The SMILES string of the molecule is Cc1ccccc1NC(=O)Cc1nc(CSc2n[nH]c(CCC3CCCC3)n2)cs1. The lowest BCUT2D eigenvalue weighted by atomic mass is 10.0. The molecule has 0 atom stereocenters. The maximum atomic E-state index is 12.3. The fourth-order valence-electron chi connectivity index (χ4n) is 3.77. The topological polar surface area (TPSA) is 83.6 Å². The molecule has 1 fully saturated rings. The van der Waals surface area contributed by atoms with Gasteiger partial charge in [0.15, 0.2) is 0 Å². The monoisotopic (exact) mass is 441 g/mol. The van der Waals surface area contributed by atoms with Crippen LogP contribution in [0.15, 0.2) is 34.8 Å². The number of nitrogens with one attached hydrogen (secondary N) is 2. The van der Waals surface area contributed by atoms with Gasteiger partial charge in [-0.3, -0.25) is 9.89 Å². The first-order chi connectivity index (χ1) is 14.7. The third kappa shape index (κ3) is 5.92. The highest BCUT2D eigenvalue weighted by molar-refractivity contribution is 7.98. The molecule has 1 aromatic carbocycles. The van der Waals surface area contributed by atoms with Crippen LogP contribution in [-0.4, -0.2) is 26.1 Å². The smallest absolute Gasteiger partial charge is 0.231 e. The number of rotatable bonds is 9. The number of para-hydroxylation sites is 1. The maximum absolute atomic E-state index is 12.3. The molecule has 6 nitrogen and oxygen atoms in total. The van der Waals surface area contributed by atoms with Crippen molar-refractivity contribution in [1.29, 1.82) is 0 Å². The maximum Gasteiger partial charge on any atom is 0.231 e. The van der Waals surface area contributed by atoms with Gasteiger partial charge in [0.1, 0.15) is 10.8 Å². The van der Waals surface area contributed by atoms with Crippen molar-refractivity contribution in [3.8, 4) is 0 Å². The molecule has 2 N–H and O–H groups in total.